The number of anilines is 2. The molecule has 7 nitrogen and oxygen atoms in total. The van der Waals surface area contributed by atoms with Crippen LogP contribution in [0.5, 0.6) is 0 Å². The summed E-state index contributed by atoms with van der Waals surface area (Å²) < 4.78 is 18.9. The van der Waals surface area contributed by atoms with Crippen LogP contribution in [0.15, 0.2) is 60.9 Å². The van der Waals surface area contributed by atoms with Crippen LogP contribution in [-0.2, 0) is 4.74 Å². The monoisotopic (exact) mass is 417 g/mol. The van der Waals surface area contributed by atoms with Crippen molar-refractivity contribution in [2.24, 2.45) is 0 Å². The zero-order valence-electron chi connectivity index (χ0n) is 16.6. The lowest BCUT2D eigenvalue weighted by Gasteiger charge is -2.29. The normalized spacial score (nSPS) is 14.0. The van der Waals surface area contributed by atoms with Gasteiger partial charge in [0.2, 0.25) is 0 Å². The number of H-pyrrole nitrogens is 1. The number of hydrogen-bond acceptors (Lipinski definition) is 5. The minimum Gasteiger partial charge on any atom is -0.378 e. The van der Waals surface area contributed by atoms with E-state index in [1.54, 1.807) is 30.6 Å². The van der Waals surface area contributed by atoms with Crippen molar-refractivity contribution in [2.75, 3.05) is 36.5 Å². The summed E-state index contributed by atoms with van der Waals surface area (Å²) in [7, 11) is 0. The average Bonchev–Trinajstić information content (AvgIpc) is 3.28. The minimum atomic E-state index is -0.337. The summed E-state index contributed by atoms with van der Waals surface area (Å²) in [6.07, 6.45) is 3.40. The van der Waals surface area contributed by atoms with Crippen LogP contribution in [0.25, 0.3) is 22.0 Å². The smallest absolute Gasteiger partial charge is 0.274 e. The van der Waals surface area contributed by atoms with Gasteiger partial charge in [-0.1, -0.05) is 12.1 Å². The molecule has 2 aromatic heterocycles. The summed E-state index contributed by atoms with van der Waals surface area (Å²) in [6.45, 7) is 2.79. The number of benzene rings is 2. The van der Waals surface area contributed by atoms with E-state index in [-0.39, 0.29) is 17.4 Å². The Morgan fingerprint density at radius 3 is 2.68 bits per heavy atom. The van der Waals surface area contributed by atoms with Gasteiger partial charge in [0.15, 0.2) is 0 Å². The molecular weight excluding hydrogens is 397 g/mol. The zero-order valence-corrected chi connectivity index (χ0v) is 16.6. The molecule has 0 aliphatic carbocycles. The number of carbonyl (C=O) groups excluding carboxylic acids is 1. The maximum Gasteiger partial charge on any atom is 0.274 e. The van der Waals surface area contributed by atoms with E-state index >= 15 is 0 Å². The fourth-order valence-corrected chi connectivity index (χ4v) is 3.69. The number of halogens is 1. The number of amides is 1. The molecule has 0 atom stereocenters. The maximum absolute atomic E-state index is 13.5. The standard InChI is InChI=1S/C23H20FN5O2/c24-17-3-1-15(2-4-17)20-12-19(29-7-9-31-10-8-29)14-25-22(20)23(30)27-18-5-6-21-16(11-18)13-26-28-21/h1-6,11-14H,7-10H2,(H,26,28)(H,27,30). The number of nitrogens with one attached hydrogen (secondary N) is 2. The number of aromatic nitrogens is 3. The Morgan fingerprint density at radius 2 is 1.87 bits per heavy atom. The van der Waals surface area contributed by atoms with Crippen LogP contribution >= 0.6 is 0 Å². The Hall–Kier alpha value is -3.78. The summed E-state index contributed by atoms with van der Waals surface area (Å²) in [5, 5.41) is 10.7. The Balaban J connectivity index is 1.50. The number of hydrogen-bond donors (Lipinski definition) is 2. The van der Waals surface area contributed by atoms with E-state index in [4.69, 9.17) is 4.74 Å². The second-order valence-electron chi connectivity index (χ2n) is 7.32. The van der Waals surface area contributed by atoms with Crippen molar-refractivity contribution in [1.82, 2.24) is 15.2 Å². The van der Waals surface area contributed by atoms with E-state index in [1.165, 1.54) is 12.1 Å². The molecule has 0 bridgehead atoms. The van der Waals surface area contributed by atoms with Crippen LogP contribution in [0.4, 0.5) is 15.8 Å². The molecule has 1 amide bonds. The fraction of sp³-hybridized carbons (Fsp3) is 0.174. The SMILES string of the molecule is O=C(Nc1ccc2[nH]ncc2c1)c1ncc(N2CCOCC2)cc1-c1ccc(F)cc1. The topological polar surface area (TPSA) is 83.1 Å². The zero-order chi connectivity index (χ0) is 21.2. The van der Waals surface area contributed by atoms with Gasteiger partial charge >= 0.3 is 0 Å². The molecule has 156 valence electrons. The molecular formula is C23H20FN5O2. The molecule has 1 saturated heterocycles. The van der Waals surface area contributed by atoms with Crippen LogP contribution in [-0.4, -0.2) is 47.4 Å². The third-order valence-corrected chi connectivity index (χ3v) is 5.32. The van der Waals surface area contributed by atoms with Crippen molar-refractivity contribution in [3.05, 3.63) is 72.4 Å². The maximum atomic E-state index is 13.5. The first-order chi connectivity index (χ1) is 15.2. The predicted molar refractivity (Wildman–Crippen MR) is 117 cm³/mol. The highest BCUT2D eigenvalue weighted by molar-refractivity contribution is 6.08. The number of aromatic amines is 1. The van der Waals surface area contributed by atoms with Crippen LogP contribution in [0.3, 0.4) is 0 Å². The molecule has 8 heteroatoms. The van der Waals surface area contributed by atoms with Gasteiger partial charge in [-0.15, -0.1) is 0 Å². The highest BCUT2D eigenvalue weighted by atomic mass is 19.1. The van der Waals surface area contributed by atoms with Crippen molar-refractivity contribution in [3.8, 4) is 11.1 Å². The first-order valence-electron chi connectivity index (χ1n) is 10.0. The highest BCUT2D eigenvalue weighted by Gasteiger charge is 2.19. The van der Waals surface area contributed by atoms with Crippen LogP contribution < -0.4 is 10.2 Å². The highest BCUT2D eigenvalue weighted by Crippen LogP contribution is 2.29. The van der Waals surface area contributed by atoms with Gasteiger partial charge in [0.25, 0.3) is 5.91 Å². The van der Waals surface area contributed by atoms with Crippen molar-refractivity contribution in [1.29, 1.82) is 0 Å². The number of pyridine rings is 1. The summed E-state index contributed by atoms with van der Waals surface area (Å²) >= 11 is 0. The second kappa shape index (κ2) is 8.16. The molecule has 0 unspecified atom stereocenters. The summed E-state index contributed by atoms with van der Waals surface area (Å²) in [5.41, 5.74) is 4.07. The summed E-state index contributed by atoms with van der Waals surface area (Å²) in [4.78, 5) is 19.8. The molecule has 0 saturated carbocycles. The molecule has 3 heterocycles. The van der Waals surface area contributed by atoms with E-state index in [9.17, 15) is 9.18 Å². The van der Waals surface area contributed by atoms with E-state index in [2.05, 4.69) is 25.4 Å². The molecule has 0 radical (unpaired) electrons. The largest absolute Gasteiger partial charge is 0.378 e. The number of ether oxygens (including phenoxy) is 1. The summed E-state index contributed by atoms with van der Waals surface area (Å²) in [5.74, 6) is -0.670. The average molecular weight is 417 g/mol. The van der Waals surface area contributed by atoms with Crippen LogP contribution in [0.1, 0.15) is 10.5 Å². The van der Waals surface area contributed by atoms with Crippen LogP contribution in [0.2, 0.25) is 0 Å². The number of fused-ring (bicyclic) bond motifs is 1. The molecule has 1 aliphatic rings. The van der Waals surface area contributed by atoms with Gasteiger partial charge in [-0.3, -0.25) is 9.89 Å². The van der Waals surface area contributed by atoms with Crippen molar-refractivity contribution in [3.63, 3.8) is 0 Å². The minimum absolute atomic E-state index is 0.274. The van der Waals surface area contributed by atoms with Gasteiger partial charge in [-0.2, -0.15) is 5.10 Å². The van der Waals surface area contributed by atoms with Gasteiger partial charge in [0.1, 0.15) is 11.5 Å². The third-order valence-electron chi connectivity index (χ3n) is 5.32. The lowest BCUT2D eigenvalue weighted by molar-refractivity contribution is 0.102. The van der Waals surface area contributed by atoms with Gasteiger partial charge in [0, 0.05) is 29.7 Å². The Kier molecular flexibility index (Phi) is 5.05. The van der Waals surface area contributed by atoms with Gasteiger partial charge in [0.05, 0.1) is 36.8 Å². The molecule has 4 aromatic rings. The van der Waals surface area contributed by atoms with Gasteiger partial charge < -0.3 is 15.0 Å². The molecule has 31 heavy (non-hydrogen) atoms. The fourth-order valence-electron chi connectivity index (χ4n) is 3.69. The molecule has 2 N–H and O–H groups in total. The number of carbonyl (C=O) groups is 1. The van der Waals surface area contributed by atoms with Crippen molar-refractivity contribution in [2.45, 2.75) is 0 Å². The molecule has 0 spiro atoms. The third kappa shape index (κ3) is 3.97. The van der Waals surface area contributed by atoms with Gasteiger partial charge in [-0.25, -0.2) is 9.37 Å². The first kappa shape index (κ1) is 19.2. The molecule has 5 rings (SSSR count). The lowest BCUT2D eigenvalue weighted by atomic mass is 10.0. The second-order valence-corrected chi connectivity index (χ2v) is 7.32. The Labute approximate surface area is 177 Å². The number of nitrogens with zero attached hydrogens (tertiary/aromatic N) is 3. The number of morpholine rings is 1. The Morgan fingerprint density at radius 1 is 1.06 bits per heavy atom. The molecule has 1 fully saturated rings. The summed E-state index contributed by atoms with van der Waals surface area (Å²) in [6, 6.07) is 13.5. The molecule has 1 aliphatic heterocycles. The Bertz CT molecular complexity index is 1230. The van der Waals surface area contributed by atoms with E-state index in [0.29, 0.717) is 24.5 Å². The van der Waals surface area contributed by atoms with E-state index in [1.807, 2.05) is 18.2 Å². The van der Waals surface area contributed by atoms with Crippen molar-refractivity contribution >= 4 is 28.2 Å². The van der Waals surface area contributed by atoms with Gasteiger partial charge in [-0.05, 0) is 42.0 Å². The number of rotatable bonds is 4. The van der Waals surface area contributed by atoms with E-state index in [0.717, 1.165) is 35.2 Å². The quantitative estimate of drug-likeness (QED) is 0.527. The van der Waals surface area contributed by atoms with E-state index < -0.39 is 0 Å². The lowest BCUT2D eigenvalue weighted by Crippen LogP contribution is -2.36. The predicted octanol–water partition coefficient (Wildman–Crippen LogP) is 3.85. The van der Waals surface area contributed by atoms with Crippen molar-refractivity contribution < 1.29 is 13.9 Å². The molecule has 2 aromatic carbocycles. The van der Waals surface area contributed by atoms with Crippen LogP contribution in [0, 0.1) is 5.82 Å². The first-order valence-corrected chi connectivity index (χ1v) is 10.0.